The third kappa shape index (κ3) is 5.54. The molecule has 0 aromatic heterocycles. The van der Waals surface area contributed by atoms with E-state index in [9.17, 15) is 24.1 Å². The maximum Gasteiger partial charge on any atom is 0.404 e. The Labute approximate surface area is 214 Å². The average Bonchev–Trinajstić information content (AvgIpc) is 3.33. The molecule has 0 saturated heterocycles. The molecule has 0 heterocycles. The number of benzene rings is 1. The van der Waals surface area contributed by atoms with Crippen LogP contribution in [-0.2, 0) is 30.1 Å². The van der Waals surface area contributed by atoms with E-state index in [1.54, 1.807) is 27.7 Å². The lowest BCUT2D eigenvalue weighted by atomic mass is 9.75. The number of hydrogen-bond acceptors (Lipinski definition) is 7. The van der Waals surface area contributed by atoms with Crippen molar-refractivity contribution in [3.8, 4) is 0 Å². The first-order valence-corrected chi connectivity index (χ1v) is 13.7. The van der Waals surface area contributed by atoms with Gasteiger partial charge in [-0.05, 0) is 37.3 Å². The average molecular weight is 523 g/mol. The van der Waals surface area contributed by atoms with Crippen LogP contribution in [0.25, 0.3) is 0 Å². The number of ketones is 1. The molecule has 2 unspecified atom stereocenters. The van der Waals surface area contributed by atoms with Crippen molar-refractivity contribution in [3.63, 3.8) is 0 Å². The molecule has 1 aliphatic carbocycles. The molecule has 1 aromatic carbocycles. The van der Waals surface area contributed by atoms with Crippen LogP contribution in [0.5, 0.6) is 0 Å². The van der Waals surface area contributed by atoms with Gasteiger partial charge in [-0.25, -0.2) is 4.79 Å². The molecule has 1 aliphatic rings. The Morgan fingerprint density at radius 1 is 1.14 bits per heavy atom. The van der Waals surface area contributed by atoms with Crippen molar-refractivity contribution in [2.45, 2.75) is 82.0 Å². The van der Waals surface area contributed by atoms with Gasteiger partial charge in [-0.3, -0.25) is 20.6 Å². The van der Waals surface area contributed by atoms with E-state index in [-0.39, 0.29) is 6.42 Å². The standard InChI is InChI=1S/C26H40N3O6P/c1-17(2)20(21(30)31)29-23(33)26(28-5,18(3)4)22(32)24(14-10-11-15-24)36(34)25(27,35-6)16-19-12-8-7-9-13-19/h7-9,12-13,17-18,20,28H,10-11,14-16,27H2,1-6H3,(H-,29,30,31,33)/p+1/t20-,25?,26+/m0/s1. The van der Waals surface area contributed by atoms with Gasteiger partial charge >= 0.3 is 19.2 Å². The number of nitrogens with one attached hydrogen (secondary N) is 2. The fraction of sp³-hybridized carbons (Fsp3) is 0.654. The van der Waals surface area contributed by atoms with Crippen molar-refractivity contribution in [1.82, 2.24) is 10.6 Å². The number of ether oxygens (including phenoxy) is 1. The second-order valence-corrected chi connectivity index (χ2v) is 12.5. The zero-order chi connectivity index (χ0) is 27.3. The third-order valence-electron chi connectivity index (χ3n) is 7.44. The Hall–Kier alpha value is -2.19. The number of rotatable bonds is 13. The molecule has 10 heteroatoms. The number of likely N-dealkylation sites (N-methyl/N-ethyl adjacent to an activating group) is 1. The van der Waals surface area contributed by atoms with Gasteiger partial charge in [-0.1, -0.05) is 62.6 Å². The molecule has 0 spiro atoms. The highest BCUT2D eigenvalue weighted by Crippen LogP contribution is 2.59. The maximum atomic E-state index is 14.5. The van der Waals surface area contributed by atoms with Gasteiger partial charge in [0.05, 0.1) is 6.42 Å². The topological polar surface area (TPSA) is 148 Å². The van der Waals surface area contributed by atoms with Crippen LogP contribution in [0.4, 0.5) is 0 Å². The largest absolute Gasteiger partial charge is 0.480 e. The lowest BCUT2D eigenvalue weighted by molar-refractivity contribution is -0.148. The first kappa shape index (κ1) is 30.0. The zero-order valence-corrected chi connectivity index (χ0v) is 23.1. The van der Waals surface area contributed by atoms with Crippen molar-refractivity contribution in [2.24, 2.45) is 17.6 Å². The van der Waals surface area contributed by atoms with Crippen molar-refractivity contribution in [1.29, 1.82) is 0 Å². The van der Waals surface area contributed by atoms with E-state index in [1.165, 1.54) is 14.2 Å². The highest BCUT2D eigenvalue weighted by atomic mass is 31.1. The minimum absolute atomic E-state index is 0.128. The first-order chi connectivity index (χ1) is 16.8. The predicted octanol–water partition coefficient (Wildman–Crippen LogP) is 3.04. The second-order valence-electron chi connectivity index (χ2n) is 10.3. The van der Waals surface area contributed by atoms with Crippen molar-refractivity contribution >= 4 is 25.5 Å². The Bertz CT molecular complexity index is 964. The van der Waals surface area contributed by atoms with Crippen molar-refractivity contribution < 1.29 is 28.8 Å². The molecular weight excluding hydrogens is 481 g/mol. The number of methoxy groups -OCH3 is 1. The summed E-state index contributed by atoms with van der Waals surface area (Å²) in [4.78, 5) is 40.0. The summed E-state index contributed by atoms with van der Waals surface area (Å²) in [7, 11) is 0.354. The number of Topliss-reactive ketones (excluding diaryl/α,β-unsaturated/α-hetero) is 1. The molecule has 5 N–H and O–H groups in total. The minimum Gasteiger partial charge on any atom is -0.480 e. The predicted molar refractivity (Wildman–Crippen MR) is 139 cm³/mol. The molecule has 0 bridgehead atoms. The van der Waals surface area contributed by atoms with E-state index in [0.717, 1.165) is 5.56 Å². The molecule has 1 amide bonds. The number of carbonyl (C=O) groups is 3. The van der Waals surface area contributed by atoms with Crippen LogP contribution in [-0.4, -0.2) is 59.1 Å². The molecule has 1 fully saturated rings. The van der Waals surface area contributed by atoms with E-state index < -0.39 is 59.5 Å². The molecule has 9 nitrogen and oxygen atoms in total. The third-order valence-corrected chi connectivity index (χ3v) is 9.89. The molecule has 1 saturated carbocycles. The van der Waals surface area contributed by atoms with E-state index in [0.29, 0.717) is 25.7 Å². The van der Waals surface area contributed by atoms with Crippen LogP contribution in [0, 0.1) is 11.8 Å². The number of carboxylic acids is 1. The van der Waals surface area contributed by atoms with Crippen molar-refractivity contribution in [2.75, 3.05) is 14.2 Å². The van der Waals surface area contributed by atoms with Crippen LogP contribution in [0.3, 0.4) is 0 Å². The first-order valence-electron chi connectivity index (χ1n) is 12.5. The summed E-state index contributed by atoms with van der Waals surface area (Å²) in [6, 6.07) is 8.07. The fourth-order valence-electron chi connectivity index (χ4n) is 5.24. The Morgan fingerprint density at radius 2 is 1.69 bits per heavy atom. The molecule has 4 atom stereocenters. The van der Waals surface area contributed by atoms with Gasteiger partial charge in [0.25, 0.3) is 0 Å². The summed E-state index contributed by atoms with van der Waals surface area (Å²) in [6.45, 7) is 6.78. The van der Waals surface area contributed by atoms with Crippen LogP contribution in [0.1, 0.15) is 58.9 Å². The van der Waals surface area contributed by atoms with E-state index in [1.807, 2.05) is 30.3 Å². The number of carboxylic acid groups (broad SMARTS) is 1. The van der Waals surface area contributed by atoms with Gasteiger partial charge in [0.1, 0.15) is 6.04 Å². The second kappa shape index (κ2) is 11.9. The van der Waals surface area contributed by atoms with E-state index >= 15 is 0 Å². The summed E-state index contributed by atoms with van der Waals surface area (Å²) in [6.07, 6.45) is 2.04. The highest BCUT2D eigenvalue weighted by Gasteiger charge is 2.70. The van der Waals surface area contributed by atoms with Gasteiger partial charge < -0.3 is 15.2 Å². The van der Waals surface area contributed by atoms with Crippen molar-refractivity contribution in [3.05, 3.63) is 35.9 Å². The molecule has 0 aliphatic heterocycles. The normalized spacial score (nSPS) is 19.9. The summed E-state index contributed by atoms with van der Waals surface area (Å²) in [5.74, 6) is -3.44. The van der Waals surface area contributed by atoms with Crippen LogP contribution < -0.4 is 16.4 Å². The van der Waals surface area contributed by atoms with Gasteiger partial charge in [0.2, 0.25) is 16.8 Å². The molecular formula is C26H41N3O6P+. The van der Waals surface area contributed by atoms with Gasteiger partial charge in [-0.15, -0.1) is 0 Å². The molecule has 1 aromatic rings. The molecule has 0 radical (unpaired) electrons. The number of hydrogen-bond donors (Lipinski definition) is 4. The van der Waals surface area contributed by atoms with Crippen LogP contribution >= 0.6 is 7.80 Å². The minimum atomic E-state index is -2.52. The Morgan fingerprint density at radius 3 is 2.11 bits per heavy atom. The van der Waals surface area contributed by atoms with Crippen LogP contribution in [0.15, 0.2) is 30.3 Å². The van der Waals surface area contributed by atoms with E-state index in [2.05, 4.69) is 10.6 Å². The summed E-state index contributed by atoms with van der Waals surface area (Å²) in [5, 5.41) is 13.7. The summed E-state index contributed by atoms with van der Waals surface area (Å²) < 4.78 is 20.0. The monoisotopic (exact) mass is 522 g/mol. The van der Waals surface area contributed by atoms with Gasteiger partial charge in [0, 0.05) is 20.0 Å². The maximum absolute atomic E-state index is 14.5. The Balaban J connectivity index is 2.58. The summed E-state index contributed by atoms with van der Waals surface area (Å²) >= 11 is 0. The number of nitrogens with two attached hydrogens (primary N) is 1. The van der Waals surface area contributed by atoms with Crippen LogP contribution in [0.2, 0.25) is 0 Å². The highest BCUT2D eigenvalue weighted by molar-refractivity contribution is 7.49. The number of aliphatic carboxylic acids is 1. The van der Waals surface area contributed by atoms with E-state index in [4.69, 9.17) is 10.5 Å². The summed E-state index contributed by atoms with van der Waals surface area (Å²) in [5.41, 5.74) is 3.99. The number of carbonyl (C=O) groups excluding carboxylic acids is 2. The molecule has 36 heavy (non-hydrogen) atoms. The smallest absolute Gasteiger partial charge is 0.404 e. The van der Waals surface area contributed by atoms with Gasteiger partial charge in [0.15, 0.2) is 5.54 Å². The quantitative estimate of drug-likeness (QED) is 0.176. The Kier molecular flexibility index (Phi) is 9.93. The zero-order valence-electron chi connectivity index (χ0n) is 22.2. The fourth-order valence-corrected chi connectivity index (χ4v) is 7.54. The van der Waals surface area contributed by atoms with Gasteiger partial charge in [-0.2, -0.15) is 0 Å². The number of amides is 1. The SMILES string of the molecule is CN[C@@](C(=O)N[C@H](C(=O)O)C(C)C)(C(=O)C1([P+](=O)C(N)(Cc2ccccc2)OC)CCCC1)C(C)C. The lowest BCUT2D eigenvalue weighted by Gasteiger charge is -2.39. The molecule has 2 rings (SSSR count). The molecule has 200 valence electrons. The lowest BCUT2D eigenvalue weighted by Crippen LogP contribution is -2.70.